The van der Waals surface area contributed by atoms with Crippen molar-refractivity contribution in [2.75, 3.05) is 39.3 Å². The Balaban J connectivity index is 1.61. The maximum atomic E-state index is 12.3. The van der Waals surface area contributed by atoms with E-state index in [9.17, 15) is 4.79 Å². The average molecular weight is 284 g/mol. The van der Waals surface area contributed by atoms with Gasteiger partial charge in [-0.2, -0.15) is 0 Å². The largest absolute Gasteiger partial charge is 0.351 e. The lowest BCUT2D eigenvalue weighted by Gasteiger charge is -2.27. The number of pyridine rings is 1. The van der Waals surface area contributed by atoms with Crippen LogP contribution >= 0.6 is 0 Å². The maximum absolute atomic E-state index is 12.3. The summed E-state index contributed by atoms with van der Waals surface area (Å²) in [4.78, 5) is 19.0. The van der Waals surface area contributed by atoms with E-state index in [1.807, 2.05) is 30.3 Å². The van der Waals surface area contributed by atoms with Crippen LogP contribution < -0.4 is 10.6 Å². The van der Waals surface area contributed by atoms with Crippen LogP contribution in [0.1, 0.15) is 10.4 Å². The molecule has 0 unspecified atom stereocenters. The Morgan fingerprint density at radius 2 is 2.10 bits per heavy atom. The van der Waals surface area contributed by atoms with Gasteiger partial charge in [-0.25, -0.2) is 0 Å². The van der Waals surface area contributed by atoms with Gasteiger partial charge in [0, 0.05) is 56.4 Å². The average Bonchev–Trinajstić information content (AvgIpc) is 2.55. The molecule has 21 heavy (non-hydrogen) atoms. The number of fused-ring (bicyclic) bond motifs is 1. The summed E-state index contributed by atoms with van der Waals surface area (Å²) in [7, 11) is 0. The zero-order valence-corrected chi connectivity index (χ0v) is 12.0. The lowest BCUT2D eigenvalue weighted by molar-refractivity contribution is 0.0949. The molecule has 0 atom stereocenters. The minimum atomic E-state index is -0.0243. The number of aromatic nitrogens is 1. The predicted octanol–water partition coefficient (Wildman–Crippen LogP) is 0.870. The van der Waals surface area contributed by atoms with E-state index in [4.69, 9.17) is 0 Å². The number of nitrogens with one attached hydrogen (secondary N) is 2. The van der Waals surface area contributed by atoms with Crippen molar-refractivity contribution < 1.29 is 4.79 Å². The van der Waals surface area contributed by atoms with E-state index < -0.39 is 0 Å². The van der Waals surface area contributed by atoms with Gasteiger partial charge in [-0.15, -0.1) is 0 Å². The van der Waals surface area contributed by atoms with Gasteiger partial charge in [0.2, 0.25) is 0 Å². The zero-order chi connectivity index (χ0) is 14.5. The highest BCUT2D eigenvalue weighted by Gasteiger charge is 2.12. The number of carbonyl (C=O) groups excluding carboxylic acids is 1. The second-order valence-corrected chi connectivity index (χ2v) is 5.22. The van der Waals surface area contributed by atoms with Crippen molar-refractivity contribution in [2.24, 2.45) is 0 Å². The van der Waals surface area contributed by atoms with Crippen molar-refractivity contribution in [2.45, 2.75) is 0 Å². The van der Waals surface area contributed by atoms with Crippen LogP contribution in [0.3, 0.4) is 0 Å². The molecule has 0 bridgehead atoms. The molecule has 1 aliphatic heterocycles. The molecule has 1 aromatic heterocycles. The summed E-state index contributed by atoms with van der Waals surface area (Å²) in [5, 5.41) is 7.24. The quantitative estimate of drug-likeness (QED) is 0.875. The molecule has 1 aromatic carbocycles. The molecule has 0 saturated carbocycles. The van der Waals surface area contributed by atoms with Gasteiger partial charge in [0.15, 0.2) is 0 Å². The Hall–Kier alpha value is -1.98. The summed E-state index contributed by atoms with van der Waals surface area (Å²) in [6.07, 6.45) is 1.74. The Morgan fingerprint density at radius 1 is 1.24 bits per heavy atom. The Bertz CT molecular complexity index is 617. The summed E-state index contributed by atoms with van der Waals surface area (Å²) < 4.78 is 0. The fraction of sp³-hybridized carbons (Fsp3) is 0.375. The lowest BCUT2D eigenvalue weighted by Crippen LogP contribution is -2.46. The van der Waals surface area contributed by atoms with Crippen molar-refractivity contribution in [1.29, 1.82) is 0 Å². The highest BCUT2D eigenvalue weighted by Crippen LogP contribution is 2.16. The zero-order valence-electron chi connectivity index (χ0n) is 12.0. The summed E-state index contributed by atoms with van der Waals surface area (Å²) in [6.45, 7) is 5.74. The number of amides is 1. The number of nitrogens with zero attached hydrogens (tertiary/aromatic N) is 2. The van der Waals surface area contributed by atoms with E-state index in [1.54, 1.807) is 6.20 Å². The first kappa shape index (κ1) is 14.0. The molecule has 0 radical (unpaired) electrons. The Morgan fingerprint density at radius 3 is 2.95 bits per heavy atom. The number of piperazine rings is 1. The van der Waals surface area contributed by atoms with Crippen LogP contribution in [0.15, 0.2) is 36.5 Å². The smallest absolute Gasteiger partial charge is 0.252 e. The van der Waals surface area contributed by atoms with Gasteiger partial charge >= 0.3 is 0 Å². The van der Waals surface area contributed by atoms with E-state index in [0.717, 1.165) is 43.6 Å². The monoisotopic (exact) mass is 284 g/mol. The molecule has 110 valence electrons. The minimum Gasteiger partial charge on any atom is -0.351 e. The van der Waals surface area contributed by atoms with Crippen molar-refractivity contribution in [1.82, 2.24) is 20.5 Å². The summed E-state index contributed by atoms with van der Waals surface area (Å²) in [5.41, 5.74) is 1.55. The molecular weight excluding hydrogens is 264 g/mol. The fourth-order valence-electron chi connectivity index (χ4n) is 2.66. The Kier molecular flexibility index (Phi) is 4.43. The second kappa shape index (κ2) is 6.65. The molecule has 2 heterocycles. The van der Waals surface area contributed by atoms with Gasteiger partial charge in [0.05, 0.1) is 5.52 Å². The van der Waals surface area contributed by atoms with Gasteiger partial charge in [0.25, 0.3) is 5.91 Å². The second-order valence-electron chi connectivity index (χ2n) is 5.22. The topological polar surface area (TPSA) is 57.3 Å². The van der Waals surface area contributed by atoms with Crippen molar-refractivity contribution in [3.8, 4) is 0 Å². The van der Waals surface area contributed by atoms with Gasteiger partial charge in [0.1, 0.15) is 0 Å². The van der Waals surface area contributed by atoms with Crippen LogP contribution in [0.5, 0.6) is 0 Å². The number of hydrogen-bond donors (Lipinski definition) is 2. The molecule has 0 spiro atoms. The standard InChI is InChI=1S/C16H20N4O/c21-16(19-9-12-20-10-7-17-8-11-20)14-3-1-5-15-13(14)4-2-6-18-15/h1-6,17H,7-12H2,(H,19,21). The van der Waals surface area contributed by atoms with Crippen LogP contribution in [0.4, 0.5) is 0 Å². The van der Waals surface area contributed by atoms with Crippen LogP contribution in [0.2, 0.25) is 0 Å². The highest BCUT2D eigenvalue weighted by molar-refractivity contribution is 6.06. The summed E-state index contributed by atoms with van der Waals surface area (Å²) in [6, 6.07) is 9.45. The van der Waals surface area contributed by atoms with E-state index >= 15 is 0 Å². The third kappa shape index (κ3) is 3.37. The Labute approximate surface area is 124 Å². The summed E-state index contributed by atoms with van der Waals surface area (Å²) >= 11 is 0. The van der Waals surface area contributed by atoms with Crippen LogP contribution in [-0.2, 0) is 0 Å². The maximum Gasteiger partial charge on any atom is 0.252 e. The molecule has 1 fully saturated rings. The molecule has 1 aliphatic rings. The highest BCUT2D eigenvalue weighted by atomic mass is 16.1. The number of carbonyl (C=O) groups is 1. The molecule has 2 N–H and O–H groups in total. The third-order valence-corrected chi connectivity index (χ3v) is 3.81. The number of benzene rings is 1. The molecule has 0 aliphatic carbocycles. The van der Waals surface area contributed by atoms with E-state index in [0.29, 0.717) is 12.1 Å². The third-order valence-electron chi connectivity index (χ3n) is 3.81. The number of rotatable bonds is 4. The molecule has 2 aromatic rings. The molecule has 3 rings (SSSR count). The van der Waals surface area contributed by atoms with E-state index in [-0.39, 0.29) is 5.91 Å². The SMILES string of the molecule is O=C(NCCN1CCNCC1)c1cccc2ncccc12. The first-order valence-corrected chi connectivity index (χ1v) is 7.39. The van der Waals surface area contributed by atoms with Crippen LogP contribution in [0.25, 0.3) is 10.9 Å². The van der Waals surface area contributed by atoms with Crippen molar-refractivity contribution >= 4 is 16.8 Å². The van der Waals surface area contributed by atoms with Crippen LogP contribution in [-0.4, -0.2) is 55.1 Å². The molecule has 5 heteroatoms. The fourth-order valence-corrected chi connectivity index (χ4v) is 2.66. The number of hydrogen-bond acceptors (Lipinski definition) is 4. The van der Waals surface area contributed by atoms with Gasteiger partial charge in [-0.05, 0) is 18.2 Å². The molecule has 5 nitrogen and oxygen atoms in total. The summed E-state index contributed by atoms with van der Waals surface area (Å²) in [5.74, 6) is -0.0243. The van der Waals surface area contributed by atoms with Gasteiger partial charge in [-0.1, -0.05) is 12.1 Å². The molecule has 1 saturated heterocycles. The van der Waals surface area contributed by atoms with Gasteiger partial charge < -0.3 is 10.6 Å². The predicted molar refractivity (Wildman–Crippen MR) is 83.4 cm³/mol. The van der Waals surface area contributed by atoms with Crippen molar-refractivity contribution in [3.05, 3.63) is 42.1 Å². The lowest BCUT2D eigenvalue weighted by atomic mass is 10.1. The van der Waals surface area contributed by atoms with Crippen molar-refractivity contribution in [3.63, 3.8) is 0 Å². The molecule has 1 amide bonds. The first-order chi connectivity index (χ1) is 10.3. The van der Waals surface area contributed by atoms with Gasteiger partial charge in [-0.3, -0.25) is 14.7 Å². The van der Waals surface area contributed by atoms with Crippen LogP contribution in [0, 0.1) is 0 Å². The van der Waals surface area contributed by atoms with E-state index in [2.05, 4.69) is 20.5 Å². The molecular formula is C16H20N4O. The minimum absolute atomic E-state index is 0.0243. The normalized spacial score (nSPS) is 16.0. The first-order valence-electron chi connectivity index (χ1n) is 7.39. The van der Waals surface area contributed by atoms with E-state index in [1.165, 1.54) is 0 Å².